The standard InChI is InChI=1S/C15H27N3O5/c1-5-7-16-11(19)9-18-8-6-15(10-18,12(20)21)17-13(22)23-14(2,3)4/h5-10H2,1-4H3,(H,16,19)(H,17,22)(H,20,21). The molecule has 0 aromatic rings. The molecule has 1 aliphatic heterocycles. The van der Waals surface area contributed by atoms with Gasteiger partial charge < -0.3 is 20.5 Å². The molecule has 1 saturated heterocycles. The summed E-state index contributed by atoms with van der Waals surface area (Å²) in [5.74, 6) is -1.27. The van der Waals surface area contributed by atoms with Crippen molar-refractivity contribution in [1.82, 2.24) is 15.5 Å². The molecular formula is C15H27N3O5. The highest BCUT2D eigenvalue weighted by molar-refractivity contribution is 5.85. The number of alkyl carbamates (subject to hydrolysis) is 1. The number of nitrogens with one attached hydrogen (secondary N) is 2. The van der Waals surface area contributed by atoms with Crippen LogP contribution in [0.1, 0.15) is 40.5 Å². The minimum Gasteiger partial charge on any atom is -0.479 e. The zero-order valence-electron chi connectivity index (χ0n) is 14.3. The lowest BCUT2D eigenvalue weighted by molar-refractivity contribution is -0.144. The number of hydrogen-bond acceptors (Lipinski definition) is 5. The quantitative estimate of drug-likeness (QED) is 0.657. The van der Waals surface area contributed by atoms with Crippen LogP contribution in [0.5, 0.6) is 0 Å². The molecule has 1 unspecified atom stereocenters. The van der Waals surface area contributed by atoms with Gasteiger partial charge in [-0.2, -0.15) is 0 Å². The summed E-state index contributed by atoms with van der Waals surface area (Å²) in [6.07, 6.45) is 0.297. The molecule has 0 aromatic carbocycles. The van der Waals surface area contributed by atoms with Gasteiger partial charge in [0.2, 0.25) is 5.91 Å². The van der Waals surface area contributed by atoms with E-state index in [2.05, 4.69) is 10.6 Å². The number of amides is 2. The summed E-state index contributed by atoms with van der Waals surface area (Å²) in [5.41, 5.74) is -2.13. The maximum Gasteiger partial charge on any atom is 0.408 e. The average Bonchev–Trinajstić information content (AvgIpc) is 2.78. The Hall–Kier alpha value is -1.83. The Labute approximate surface area is 136 Å². The van der Waals surface area contributed by atoms with Crippen LogP contribution >= 0.6 is 0 Å². The van der Waals surface area contributed by atoms with E-state index in [1.807, 2.05) is 6.92 Å². The summed E-state index contributed by atoms with van der Waals surface area (Å²) in [7, 11) is 0. The van der Waals surface area contributed by atoms with Gasteiger partial charge in [-0.1, -0.05) is 6.92 Å². The predicted molar refractivity (Wildman–Crippen MR) is 84.1 cm³/mol. The normalized spacial score (nSPS) is 21.7. The Bertz CT molecular complexity index is 461. The smallest absolute Gasteiger partial charge is 0.408 e. The Balaban J connectivity index is 2.64. The van der Waals surface area contributed by atoms with Gasteiger partial charge in [0.05, 0.1) is 6.54 Å². The van der Waals surface area contributed by atoms with E-state index >= 15 is 0 Å². The van der Waals surface area contributed by atoms with Crippen molar-refractivity contribution in [3.63, 3.8) is 0 Å². The zero-order chi connectivity index (χ0) is 17.7. The second-order valence-corrected chi connectivity index (χ2v) is 6.82. The fourth-order valence-electron chi connectivity index (χ4n) is 2.38. The summed E-state index contributed by atoms with van der Waals surface area (Å²) in [5, 5.41) is 14.7. The number of likely N-dealkylation sites (tertiary alicyclic amines) is 1. The minimum atomic E-state index is -1.42. The first-order valence-electron chi connectivity index (χ1n) is 7.81. The summed E-state index contributed by atoms with van der Waals surface area (Å²) < 4.78 is 5.13. The van der Waals surface area contributed by atoms with Crippen LogP contribution in [0.3, 0.4) is 0 Å². The van der Waals surface area contributed by atoms with E-state index in [0.29, 0.717) is 13.1 Å². The minimum absolute atomic E-state index is 0.0706. The lowest BCUT2D eigenvalue weighted by Crippen LogP contribution is -2.57. The fourth-order valence-corrected chi connectivity index (χ4v) is 2.38. The number of carbonyl (C=O) groups is 3. The van der Waals surface area contributed by atoms with Crippen molar-refractivity contribution in [2.45, 2.75) is 51.7 Å². The maximum absolute atomic E-state index is 11.9. The fraction of sp³-hybridized carbons (Fsp3) is 0.800. The van der Waals surface area contributed by atoms with E-state index < -0.39 is 23.2 Å². The predicted octanol–water partition coefficient (Wildman–Crippen LogP) is 0.566. The Morgan fingerprint density at radius 2 is 1.96 bits per heavy atom. The van der Waals surface area contributed by atoms with Crippen molar-refractivity contribution in [3.8, 4) is 0 Å². The number of rotatable bonds is 6. The summed E-state index contributed by atoms with van der Waals surface area (Å²) in [6.45, 7) is 8.27. The van der Waals surface area contributed by atoms with Gasteiger partial charge in [-0.25, -0.2) is 9.59 Å². The number of aliphatic carboxylic acids is 1. The van der Waals surface area contributed by atoms with Crippen LogP contribution in [0.15, 0.2) is 0 Å². The molecule has 1 heterocycles. The second kappa shape index (κ2) is 7.63. The van der Waals surface area contributed by atoms with Crippen LogP contribution in [0.25, 0.3) is 0 Å². The van der Waals surface area contributed by atoms with Crippen LogP contribution in [-0.4, -0.2) is 65.3 Å². The lowest BCUT2D eigenvalue weighted by atomic mass is 9.99. The average molecular weight is 329 g/mol. The second-order valence-electron chi connectivity index (χ2n) is 6.82. The van der Waals surface area contributed by atoms with Crippen LogP contribution in [0.4, 0.5) is 4.79 Å². The molecule has 3 N–H and O–H groups in total. The third kappa shape index (κ3) is 6.05. The van der Waals surface area contributed by atoms with E-state index in [4.69, 9.17) is 4.74 Å². The summed E-state index contributed by atoms with van der Waals surface area (Å²) in [6, 6.07) is 0. The molecule has 1 atom stereocenters. The molecule has 0 radical (unpaired) electrons. The first-order valence-corrected chi connectivity index (χ1v) is 7.81. The van der Waals surface area contributed by atoms with E-state index in [1.54, 1.807) is 25.7 Å². The lowest BCUT2D eigenvalue weighted by Gasteiger charge is -2.28. The Kier molecular flexibility index (Phi) is 6.37. The van der Waals surface area contributed by atoms with Crippen molar-refractivity contribution in [2.24, 2.45) is 0 Å². The van der Waals surface area contributed by atoms with Crippen molar-refractivity contribution >= 4 is 18.0 Å². The molecule has 0 bridgehead atoms. The highest BCUT2D eigenvalue weighted by Gasteiger charge is 2.47. The molecule has 23 heavy (non-hydrogen) atoms. The van der Waals surface area contributed by atoms with Gasteiger partial charge in [0.25, 0.3) is 0 Å². The van der Waals surface area contributed by atoms with E-state index in [9.17, 15) is 19.5 Å². The molecule has 0 aromatic heterocycles. The maximum atomic E-state index is 11.9. The Morgan fingerprint density at radius 1 is 1.30 bits per heavy atom. The van der Waals surface area contributed by atoms with Gasteiger partial charge in [-0.15, -0.1) is 0 Å². The van der Waals surface area contributed by atoms with Crippen LogP contribution in [0.2, 0.25) is 0 Å². The number of carbonyl (C=O) groups excluding carboxylic acids is 2. The molecule has 0 saturated carbocycles. The molecule has 1 rings (SSSR count). The van der Waals surface area contributed by atoms with E-state index in [0.717, 1.165) is 6.42 Å². The van der Waals surface area contributed by atoms with Crippen molar-refractivity contribution in [3.05, 3.63) is 0 Å². The third-order valence-electron chi connectivity index (χ3n) is 3.44. The van der Waals surface area contributed by atoms with Crippen LogP contribution < -0.4 is 10.6 Å². The number of ether oxygens (including phenoxy) is 1. The monoisotopic (exact) mass is 329 g/mol. The van der Waals surface area contributed by atoms with Gasteiger partial charge >= 0.3 is 12.1 Å². The summed E-state index contributed by atoms with van der Waals surface area (Å²) >= 11 is 0. The largest absolute Gasteiger partial charge is 0.479 e. The first kappa shape index (κ1) is 19.2. The summed E-state index contributed by atoms with van der Waals surface area (Å²) in [4.78, 5) is 37.0. The molecule has 8 heteroatoms. The molecule has 0 spiro atoms. The molecule has 1 aliphatic rings. The van der Waals surface area contributed by atoms with E-state index in [1.165, 1.54) is 0 Å². The highest BCUT2D eigenvalue weighted by atomic mass is 16.6. The molecule has 1 fully saturated rings. The number of nitrogens with zero attached hydrogens (tertiary/aromatic N) is 1. The topological polar surface area (TPSA) is 108 Å². The molecule has 2 amide bonds. The number of carboxylic acids is 1. The van der Waals surface area contributed by atoms with Gasteiger partial charge in [0.1, 0.15) is 5.60 Å². The molecular weight excluding hydrogens is 302 g/mol. The van der Waals surface area contributed by atoms with Gasteiger partial charge in [0, 0.05) is 19.6 Å². The first-order chi connectivity index (χ1) is 10.6. The van der Waals surface area contributed by atoms with E-state index in [-0.39, 0.29) is 25.4 Å². The van der Waals surface area contributed by atoms with Crippen molar-refractivity contribution in [1.29, 1.82) is 0 Å². The molecule has 8 nitrogen and oxygen atoms in total. The number of hydrogen-bond donors (Lipinski definition) is 3. The van der Waals surface area contributed by atoms with Gasteiger partial charge in [-0.3, -0.25) is 9.69 Å². The molecule has 132 valence electrons. The number of carboxylic acid groups (broad SMARTS) is 1. The van der Waals surface area contributed by atoms with Crippen LogP contribution in [0, 0.1) is 0 Å². The SMILES string of the molecule is CCCNC(=O)CN1CCC(NC(=O)OC(C)(C)C)(C(=O)O)C1. The van der Waals surface area contributed by atoms with Gasteiger partial charge in [-0.05, 0) is 33.6 Å². The highest BCUT2D eigenvalue weighted by Crippen LogP contribution is 2.22. The molecule has 0 aliphatic carbocycles. The van der Waals surface area contributed by atoms with Crippen molar-refractivity contribution in [2.75, 3.05) is 26.2 Å². The zero-order valence-corrected chi connectivity index (χ0v) is 14.3. The van der Waals surface area contributed by atoms with Crippen LogP contribution in [-0.2, 0) is 14.3 Å². The van der Waals surface area contributed by atoms with Crippen molar-refractivity contribution < 1.29 is 24.2 Å². The Morgan fingerprint density at radius 3 is 2.48 bits per heavy atom. The van der Waals surface area contributed by atoms with Gasteiger partial charge in [0.15, 0.2) is 5.54 Å². The third-order valence-corrected chi connectivity index (χ3v) is 3.44.